The van der Waals surface area contributed by atoms with Crippen molar-refractivity contribution in [3.8, 4) is 78.3 Å². The fraction of sp³-hybridized carbons (Fsp3) is 0. The molecule has 10 aromatic rings. The molecular formula is C58H39NO. The van der Waals surface area contributed by atoms with Crippen LogP contribution < -0.4 is 9.64 Å². The molecule has 0 aliphatic carbocycles. The zero-order valence-electron chi connectivity index (χ0n) is 32.9. The van der Waals surface area contributed by atoms with Crippen LogP contribution in [-0.2, 0) is 0 Å². The number of nitrogens with zero attached hydrogens (tertiary/aromatic N) is 1. The van der Waals surface area contributed by atoms with Crippen LogP contribution in [0.2, 0.25) is 0 Å². The first-order valence-corrected chi connectivity index (χ1v) is 20.5. The van der Waals surface area contributed by atoms with Gasteiger partial charge in [-0.25, -0.2) is 0 Å². The third kappa shape index (κ3) is 6.41. The highest BCUT2D eigenvalue weighted by molar-refractivity contribution is 6.04. The Kier molecular flexibility index (Phi) is 8.87. The third-order valence-corrected chi connectivity index (χ3v) is 11.7. The molecule has 0 saturated heterocycles. The lowest BCUT2D eigenvalue weighted by Crippen LogP contribution is -2.09. The van der Waals surface area contributed by atoms with Gasteiger partial charge in [0.05, 0.1) is 0 Å². The van der Waals surface area contributed by atoms with E-state index in [2.05, 4.69) is 241 Å². The van der Waals surface area contributed by atoms with Crippen molar-refractivity contribution in [2.45, 2.75) is 0 Å². The molecule has 2 heteroatoms. The number of ether oxygens (including phenoxy) is 1. The number of rotatable bonds is 7. The normalized spacial score (nSPS) is 11.5. The molecule has 1 heterocycles. The van der Waals surface area contributed by atoms with Crippen LogP contribution in [0.1, 0.15) is 0 Å². The van der Waals surface area contributed by atoms with Gasteiger partial charge in [0.1, 0.15) is 11.5 Å². The first-order chi connectivity index (χ1) is 29.7. The summed E-state index contributed by atoms with van der Waals surface area (Å²) >= 11 is 0. The first-order valence-electron chi connectivity index (χ1n) is 20.5. The molecule has 0 spiro atoms. The van der Waals surface area contributed by atoms with Crippen LogP contribution in [0.4, 0.5) is 17.1 Å². The van der Waals surface area contributed by atoms with Gasteiger partial charge in [-0.05, 0) is 115 Å². The van der Waals surface area contributed by atoms with Gasteiger partial charge in [-0.1, -0.05) is 182 Å². The minimum absolute atomic E-state index is 0.847. The molecular weight excluding hydrogens is 727 g/mol. The molecule has 0 amide bonds. The first kappa shape index (κ1) is 35.2. The van der Waals surface area contributed by atoms with Gasteiger partial charge in [0.2, 0.25) is 0 Å². The lowest BCUT2D eigenvalue weighted by Gasteiger charge is -2.26. The van der Waals surface area contributed by atoms with Gasteiger partial charge in [0.25, 0.3) is 0 Å². The molecule has 10 aromatic carbocycles. The van der Waals surface area contributed by atoms with Crippen molar-refractivity contribution in [2.24, 2.45) is 0 Å². The van der Waals surface area contributed by atoms with Crippen LogP contribution in [0, 0.1) is 0 Å². The molecule has 1 aliphatic rings. The Hall–Kier alpha value is -7.94. The lowest BCUT2D eigenvalue weighted by molar-refractivity contribution is 0.489. The van der Waals surface area contributed by atoms with E-state index >= 15 is 0 Å². The van der Waals surface area contributed by atoms with Crippen molar-refractivity contribution in [3.05, 3.63) is 237 Å². The highest BCUT2D eigenvalue weighted by Gasteiger charge is 2.26. The van der Waals surface area contributed by atoms with E-state index in [0.717, 1.165) is 67.5 Å². The quantitative estimate of drug-likeness (QED) is 0.160. The number of benzene rings is 10. The van der Waals surface area contributed by atoms with E-state index in [1.165, 1.54) is 38.6 Å². The molecule has 1 aliphatic heterocycles. The second-order valence-corrected chi connectivity index (χ2v) is 15.3. The van der Waals surface area contributed by atoms with Gasteiger partial charge >= 0.3 is 0 Å². The number of anilines is 3. The molecule has 0 aromatic heterocycles. The summed E-state index contributed by atoms with van der Waals surface area (Å²) in [6, 6.07) is 84.6. The van der Waals surface area contributed by atoms with Gasteiger partial charge in [-0.3, -0.25) is 0 Å². The van der Waals surface area contributed by atoms with Crippen LogP contribution in [-0.4, -0.2) is 0 Å². The number of hydrogen-bond acceptors (Lipinski definition) is 2. The van der Waals surface area contributed by atoms with E-state index in [0.29, 0.717) is 0 Å². The van der Waals surface area contributed by atoms with E-state index < -0.39 is 0 Å². The molecule has 0 saturated carbocycles. The van der Waals surface area contributed by atoms with Crippen LogP contribution in [0.5, 0.6) is 11.5 Å². The van der Waals surface area contributed by atoms with Crippen molar-refractivity contribution in [3.63, 3.8) is 0 Å². The zero-order valence-corrected chi connectivity index (χ0v) is 32.9. The van der Waals surface area contributed by atoms with E-state index in [9.17, 15) is 0 Å². The monoisotopic (exact) mass is 765 g/mol. The van der Waals surface area contributed by atoms with Gasteiger partial charge < -0.3 is 9.64 Å². The topological polar surface area (TPSA) is 12.5 Å². The Morgan fingerprint density at radius 3 is 1.22 bits per heavy atom. The molecule has 0 fully saturated rings. The molecule has 0 atom stereocenters. The second kappa shape index (κ2) is 15.1. The van der Waals surface area contributed by atoms with Gasteiger partial charge in [-0.2, -0.15) is 0 Å². The number of para-hydroxylation sites is 1. The highest BCUT2D eigenvalue weighted by atomic mass is 16.5. The number of hydrogen-bond donors (Lipinski definition) is 0. The Bertz CT molecular complexity index is 3040. The van der Waals surface area contributed by atoms with E-state index in [1.54, 1.807) is 0 Å². The molecule has 0 unspecified atom stereocenters. The van der Waals surface area contributed by atoms with Gasteiger partial charge in [-0.15, -0.1) is 0 Å². The maximum atomic E-state index is 7.16. The van der Waals surface area contributed by atoms with Crippen molar-refractivity contribution in [2.75, 3.05) is 4.90 Å². The van der Waals surface area contributed by atoms with Gasteiger partial charge in [0.15, 0.2) is 0 Å². The standard InChI is InChI=1S/C58H39NO/c1-4-14-40(15-5-1)42-26-32-48(33-27-42)59(49-34-28-43(29-35-49)41-16-6-2-7-17-41)50-36-30-45(31-37-50)52-23-12-24-53-54-38-46-20-10-11-21-47(46)39-55(54)57-51(44-18-8-3-9-19-44)22-13-25-56(57)60-58(52)53/h1-39H. The maximum absolute atomic E-state index is 7.16. The van der Waals surface area contributed by atoms with Crippen LogP contribution in [0.3, 0.4) is 0 Å². The minimum atomic E-state index is 0.847. The molecule has 0 radical (unpaired) electrons. The molecule has 0 N–H and O–H groups in total. The summed E-state index contributed by atoms with van der Waals surface area (Å²) in [5, 5.41) is 2.40. The summed E-state index contributed by atoms with van der Waals surface area (Å²) in [7, 11) is 0. The van der Waals surface area contributed by atoms with E-state index in [4.69, 9.17) is 4.74 Å². The average Bonchev–Trinajstić information content (AvgIpc) is 3.46. The highest BCUT2D eigenvalue weighted by Crippen LogP contribution is 2.53. The molecule has 2 nitrogen and oxygen atoms in total. The fourth-order valence-corrected chi connectivity index (χ4v) is 8.72. The predicted octanol–water partition coefficient (Wildman–Crippen LogP) is 16.4. The van der Waals surface area contributed by atoms with Crippen LogP contribution in [0.15, 0.2) is 237 Å². The molecule has 282 valence electrons. The maximum Gasteiger partial charge on any atom is 0.143 e. The Morgan fingerprint density at radius 2 is 0.667 bits per heavy atom. The summed E-state index contributed by atoms with van der Waals surface area (Å²) in [4.78, 5) is 2.33. The third-order valence-electron chi connectivity index (χ3n) is 11.7. The Labute approximate surface area is 350 Å². The Balaban J connectivity index is 1.03. The smallest absolute Gasteiger partial charge is 0.143 e. The predicted molar refractivity (Wildman–Crippen MR) is 251 cm³/mol. The summed E-state index contributed by atoms with van der Waals surface area (Å²) < 4.78 is 7.16. The average molecular weight is 766 g/mol. The van der Waals surface area contributed by atoms with Crippen molar-refractivity contribution in [1.29, 1.82) is 0 Å². The summed E-state index contributed by atoms with van der Waals surface area (Å²) in [6.07, 6.45) is 0. The number of fused-ring (bicyclic) bond motifs is 6. The Morgan fingerprint density at radius 1 is 0.267 bits per heavy atom. The van der Waals surface area contributed by atoms with Crippen molar-refractivity contribution in [1.82, 2.24) is 0 Å². The van der Waals surface area contributed by atoms with Crippen molar-refractivity contribution >= 4 is 27.8 Å². The molecule has 0 bridgehead atoms. The summed E-state index contributed by atoms with van der Waals surface area (Å²) in [5.41, 5.74) is 17.0. The molecule has 60 heavy (non-hydrogen) atoms. The van der Waals surface area contributed by atoms with Crippen LogP contribution in [0.25, 0.3) is 77.5 Å². The SMILES string of the molecule is c1ccc(-c2ccc(N(c3ccc(-c4ccccc4)cc3)c3ccc(-c4cccc5c4Oc4cccc(-c6ccccc6)c4-c4cc6ccccc6cc4-5)cc3)cc2)cc1. The summed E-state index contributed by atoms with van der Waals surface area (Å²) in [6.45, 7) is 0. The minimum Gasteiger partial charge on any atom is -0.455 e. The van der Waals surface area contributed by atoms with Crippen molar-refractivity contribution < 1.29 is 4.74 Å². The fourth-order valence-electron chi connectivity index (χ4n) is 8.72. The zero-order chi connectivity index (χ0) is 39.8. The van der Waals surface area contributed by atoms with Gasteiger partial charge in [0, 0.05) is 33.8 Å². The molecule has 11 rings (SSSR count). The second-order valence-electron chi connectivity index (χ2n) is 15.3. The summed E-state index contributed by atoms with van der Waals surface area (Å²) in [5.74, 6) is 1.70. The largest absolute Gasteiger partial charge is 0.455 e. The van der Waals surface area contributed by atoms with E-state index in [1.807, 2.05) is 0 Å². The lowest BCUT2D eigenvalue weighted by atomic mass is 9.87. The van der Waals surface area contributed by atoms with Crippen LogP contribution >= 0.6 is 0 Å². The van der Waals surface area contributed by atoms with E-state index in [-0.39, 0.29) is 0 Å².